The molecule has 0 spiro atoms. The van der Waals surface area contributed by atoms with E-state index in [0.717, 1.165) is 11.1 Å². The first kappa shape index (κ1) is 19.1. The maximum Gasteiger partial charge on any atom is 0.157 e. The number of nitrogen functional groups attached to an aromatic ring is 1. The topological polar surface area (TPSA) is 109 Å². The Morgan fingerprint density at radius 2 is 1.70 bits per heavy atom. The maximum atomic E-state index is 14.9. The van der Waals surface area contributed by atoms with Gasteiger partial charge in [-0.1, -0.05) is 0 Å². The molecule has 0 aliphatic carbocycles. The van der Waals surface area contributed by atoms with Crippen molar-refractivity contribution < 1.29 is 8.78 Å². The summed E-state index contributed by atoms with van der Waals surface area (Å²) in [6.07, 6.45) is 4.81. The normalized spacial score (nSPS) is 11.5. The molecule has 7 nitrogen and oxygen atoms in total. The van der Waals surface area contributed by atoms with Crippen molar-refractivity contribution in [2.75, 3.05) is 5.73 Å². The van der Waals surface area contributed by atoms with Gasteiger partial charge in [-0.2, -0.15) is 5.10 Å². The Morgan fingerprint density at radius 1 is 0.848 bits per heavy atom. The SMILES string of the molecule is Nc1cncc(-c2cc(F)c3n[nH]c(-c4nc5c(-c6ccc(F)cc6)nccc5[nH]4)c3c2)c1. The zero-order chi connectivity index (χ0) is 22.5. The van der Waals surface area contributed by atoms with Gasteiger partial charge in [0.25, 0.3) is 0 Å². The number of halogens is 2. The highest BCUT2D eigenvalue weighted by Gasteiger charge is 2.18. The van der Waals surface area contributed by atoms with Gasteiger partial charge in [0.05, 0.1) is 16.9 Å². The number of aromatic nitrogens is 6. The molecular weight excluding hydrogens is 424 g/mol. The number of pyridine rings is 2. The fourth-order valence-electron chi connectivity index (χ4n) is 3.91. The Labute approximate surface area is 185 Å². The Hall–Kier alpha value is -4.66. The van der Waals surface area contributed by atoms with Crippen molar-refractivity contribution in [1.29, 1.82) is 0 Å². The molecule has 6 rings (SSSR count). The first-order valence-electron chi connectivity index (χ1n) is 10.1. The minimum atomic E-state index is -0.475. The molecule has 0 radical (unpaired) electrons. The van der Waals surface area contributed by atoms with Crippen LogP contribution in [0.4, 0.5) is 14.5 Å². The number of benzene rings is 2. The van der Waals surface area contributed by atoms with E-state index >= 15 is 0 Å². The summed E-state index contributed by atoms with van der Waals surface area (Å²) in [5, 5.41) is 7.60. The second kappa shape index (κ2) is 7.20. The lowest BCUT2D eigenvalue weighted by molar-refractivity contribution is 0.628. The molecule has 0 atom stereocenters. The van der Waals surface area contributed by atoms with E-state index in [1.807, 2.05) is 6.07 Å². The molecule has 0 amide bonds. The molecule has 2 aromatic carbocycles. The van der Waals surface area contributed by atoms with Gasteiger partial charge in [-0.25, -0.2) is 13.8 Å². The number of nitrogens with two attached hydrogens (primary N) is 1. The predicted molar refractivity (Wildman–Crippen MR) is 122 cm³/mol. The van der Waals surface area contributed by atoms with Crippen molar-refractivity contribution >= 4 is 27.6 Å². The van der Waals surface area contributed by atoms with Crippen LogP contribution < -0.4 is 5.73 Å². The highest BCUT2D eigenvalue weighted by atomic mass is 19.1. The van der Waals surface area contributed by atoms with Gasteiger partial charge in [0.15, 0.2) is 11.6 Å². The second-order valence-electron chi connectivity index (χ2n) is 7.61. The molecule has 4 heterocycles. The van der Waals surface area contributed by atoms with Gasteiger partial charge < -0.3 is 10.7 Å². The average molecular weight is 439 g/mol. The number of fused-ring (bicyclic) bond motifs is 2. The molecule has 0 bridgehead atoms. The Bertz CT molecular complexity index is 1650. The molecule has 0 fully saturated rings. The highest BCUT2D eigenvalue weighted by Crippen LogP contribution is 2.33. The summed E-state index contributed by atoms with van der Waals surface area (Å²) < 4.78 is 28.2. The predicted octanol–water partition coefficient (Wildman–Crippen LogP) is 5.09. The quantitative estimate of drug-likeness (QED) is 0.356. The van der Waals surface area contributed by atoms with E-state index in [1.54, 1.807) is 36.7 Å². The maximum absolute atomic E-state index is 14.9. The molecule has 160 valence electrons. The van der Waals surface area contributed by atoms with Gasteiger partial charge in [-0.15, -0.1) is 0 Å². The minimum absolute atomic E-state index is 0.197. The lowest BCUT2D eigenvalue weighted by Gasteiger charge is -2.04. The molecule has 9 heteroatoms. The van der Waals surface area contributed by atoms with Crippen molar-refractivity contribution in [3.8, 4) is 33.9 Å². The van der Waals surface area contributed by atoms with Crippen molar-refractivity contribution in [2.45, 2.75) is 0 Å². The van der Waals surface area contributed by atoms with E-state index in [0.29, 0.717) is 44.9 Å². The third kappa shape index (κ3) is 3.18. The van der Waals surface area contributed by atoms with Crippen LogP contribution in [0.15, 0.2) is 67.1 Å². The lowest BCUT2D eigenvalue weighted by Crippen LogP contribution is -1.89. The summed E-state index contributed by atoms with van der Waals surface area (Å²) in [5.41, 5.74) is 11.1. The van der Waals surface area contributed by atoms with Crippen molar-refractivity contribution in [3.05, 3.63) is 78.8 Å². The number of nitrogens with one attached hydrogen (secondary N) is 2. The van der Waals surface area contributed by atoms with Crippen molar-refractivity contribution in [2.24, 2.45) is 0 Å². The summed E-state index contributed by atoms with van der Waals surface area (Å²) in [6.45, 7) is 0. The monoisotopic (exact) mass is 439 g/mol. The molecule has 0 aliphatic rings. The van der Waals surface area contributed by atoms with Crippen LogP contribution in [0.1, 0.15) is 0 Å². The smallest absolute Gasteiger partial charge is 0.157 e. The zero-order valence-electron chi connectivity index (χ0n) is 17.0. The van der Waals surface area contributed by atoms with Crippen LogP contribution in [0.2, 0.25) is 0 Å². The molecule has 0 saturated carbocycles. The summed E-state index contributed by atoms with van der Waals surface area (Å²) in [6, 6.07) is 12.8. The van der Waals surface area contributed by atoms with Crippen LogP contribution in [0.25, 0.3) is 55.8 Å². The summed E-state index contributed by atoms with van der Waals surface area (Å²) in [5.74, 6) is -0.325. The molecule has 4 N–H and O–H groups in total. The fraction of sp³-hybridized carbons (Fsp3) is 0. The number of aromatic amines is 2. The van der Waals surface area contributed by atoms with Crippen LogP contribution in [0.5, 0.6) is 0 Å². The van der Waals surface area contributed by atoms with Crippen LogP contribution in [-0.2, 0) is 0 Å². The Balaban J connectivity index is 1.53. The van der Waals surface area contributed by atoms with E-state index in [4.69, 9.17) is 10.7 Å². The molecule has 33 heavy (non-hydrogen) atoms. The summed E-state index contributed by atoms with van der Waals surface area (Å²) in [4.78, 5) is 16.5. The third-order valence-electron chi connectivity index (χ3n) is 5.46. The van der Waals surface area contributed by atoms with Gasteiger partial charge in [0.1, 0.15) is 22.5 Å². The number of H-pyrrole nitrogens is 2. The zero-order valence-corrected chi connectivity index (χ0v) is 17.0. The van der Waals surface area contributed by atoms with Gasteiger partial charge in [-0.3, -0.25) is 15.1 Å². The number of imidazole rings is 1. The number of nitrogens with zero attached hydrogens (tertiary/aromatic N) is 4. The summed E-state index contributed by atoms with van der Waals surface area (Å²) >= 11 is 0. The van der Waals surface area contributed by atoms with E-state index < -0.39 is 5.82 Å². The highest BCUT2D eigenvalue weighted by molar-refractivity contribution is 5.97. The van der Waals surface area contributed by atoms with Gasteiger partial charge >= 0.3 is 0 Å². The number of anilines is 1. The van der Waals surface area contributed by atoms with Crippen molar-refractivity contribution in [1.82, 2.24) is 30.1 Å². The van der Waals surface area contributed by atoms with E-state index in [1.165, 1.54) is 24.4 Å². The number of hydrogen-bond acceptors (Lipinski definition) is 5. The second-order valence-corrected chi connectivity index (χ2v) is 7.61. The average Bonchev–Trinajstić information content (AvgIpc) is 3.44. The van der Waals surface area contributed by atoms with E-state index in [9.17, 15) is 8.78 Å². The Morgan fingerprint density at radius 3 is 2.52 bits per heavy atom. The first-order chi connectivity index (χ1) is 16.1. The van der Waals surface area contributed by atoms with Crippen molar-refractivity contribution in [3.63, 3.8) is 0 Å². The first-order valence-corrected chi connectivity index (χ1v) is 10.1. The van der Waals surface area contributed by atoms with E-state index in [-0.39, 0.29) is 11.3 Å². The summed E-state index contributed by atoms with van der Waals surface area (Å²) in [7, 11) is 0. The van der Waals surface area contributed by atoms with Crippen LogP contribution in [0, 0.1) is 11.6 Å². The third-order valence-corrected chi connectivity index (χ3v) is 5.46. The van der Waals surface area contributed by atoms with Crippen LogP contribution >= 0.6 is 0 Å². The van der Waals surface area contributed by atoms with E-state index in [2.05, 4.69) is 25.1 Å². The molecular formula is C24H15F2N7. The minimum Gasteiger partial charge on any atom is -0.397 e. The van der Waals surface area contributed by atoms with Crippen LogP contribution in [0.3, 0.4) is 0 Å². The molecule has 0 aliphatic heterocycles. The number of hydrogen-bond donors (Lipinski definition) is 3. The molecule has 0 unspecified atom stereocenters. The molecule has 4 aromatic heterocycles. The molecule has 6 aromatic rings. The molecule has 0 saturated heterocycles. The number of rotatable bonds is 3. The Kier molecular flexibility index (Phi) is 4.16. The van der Waals surface area contributed by atoms with Gasteiger partial charge in [-0.05, 0) is 54.1 Å². The lowest BCUT2D eigenvalue weighted by atomic mass is 10.0. The largest absolute Gasteiger partial charge is 0.397 e. The van der Waals surface area contributed by atoms with Gasteiger partial charge in [0, 0.05) is 35.1 Å². The van der Waals surface area contributed by atoms with Crippen LogP contribution in [-0.4, -0.2) is 30.1 Å². The fourth-order valence-corrected chi connectivity index (χ4v) is 3.91. The standard InChI is InChI=1S/C24H15F2N7/c25-15-3-1-12(2-4-15)20-23-19(5-6-29-20)30-24(31-23)22-17-8-13(9-18(26)21(17)32-33-22)14-7-16(27)11-28-10-14/h1-11H,27H2,(H,30,31)(H,32,33). The van der Waals surface area contributed by atoms with Gasteiger partial charge in [0.2, 0.25) is 0 Å².